The van der Waals surface area contributed by atoms with Crippen molar-refractivity contribution in [1.82, 2.24) is 15.2 Å². The zero-order chi connectivity index (χ0) is 22.7. The average molecular weight is 448 g/mol. The molecule has 8 nitrogen and oxygen atoms in total. The molecule has 0 spiro atoms. The van der Waals surface area contributed by atoms with Crippen molar-refractivity contribution in [3.8, 4) is 23.1 Å². The molecule has 0 fully saturated rings. The lowest BCUT2D eigenvalue weighted by atomic mass is 10.1. The van der Waals surface area contributed by atoms with Crippen LogP contribution in [0.2, 0.25) is 0 Å². The van der Waals surface area contributed by atoms with Gasteiger partial charge in [0, 0.05) is 17.1 Å². The molecule has 0 amide bonds. The Labute approximate surface area is 185 Å². The molecule has 0 aliphatic heterocycles. The van der Waals surface area contributed by atoms with E-state index in [1.807, 2.05) is 38.1 Å². The number of nitriles is 1. The zero-order valence-electron chi connectivity index (χ0n) is 17.5. The van der Waals surface area contributed by atoms with Crippen LogP contribution < -0.4 is 9.46 Å². The fourth-order valence-electron chi connectivity index (χ4n) is 3.30. The second kappa shape index (κ2) is 8.69. The van der Waals surface area contributed by atoms with Crippen LogP contribution in [-0.4, -0.2) is 29.7 Å². The number of rotatable bonds is 7. The molecule has 2 aromatic carbocycles. The van der Waals surface area contributed by atoms with Crippen LogP contribution in [0.25, 0.3) is 22.2 Å². The van der Waals surface area contributed by atoms with Gasteiger partial charge in [0.1, 0.15) is 17.3 Å². The molecule has 2 N–H and O–H groups in total. The Morgan fingerprint density at radius 1 is 1.16 bits per heavy atom. The van der Waals surface area contributed by atoms with Crippen LogP contribution in [0.15, 0.2) is 65.7 Å². The van der Waals surface area contributed by atoms with E-state index in [-0.39, 0.29) is 23.2 Å². The third kappa shape index (κ3) is 4.55. The molecular formula is C23H21N5O3S. The lowest BCUT2D eigenvalue weighted by molar-refractivity contribution is 0.243. The fourth-order valence-corrected chi connectivity index (χ4v) is 4.37. The number of nitrogens with one attached hydrogen (secondary N) is 2. The van der Waals surface area contributed by atoms with Gasteiger partial charge >= 0.3 is 0 Å². The van der Waals surface area contributed by atoms with E-state index >= 15 is 0 Å². The Morgan fingerprint density at radius 2 is 2.00 bits per heavy atom. The number of hydrogen-bond donors (Lipinski definition) is 2. The lowest BCUT2D eigenvalue weighted by Gasteiger charge is -2.10. The van der Waals surface area contributed by atoms with Crippen LogP contribution in [0.1, 0.15) is 19.4 Å². The topological polar surface area (TPSA) is 121 Å². The summed E-state index contributed by atoms with van der Waals surface area (Å²) in [5.41, 5.74) is 2.82. The third-order valence-electron chi connectivity index (χ3n) is 4.67. The summed E-state index contributed by atoms with van der Waals surface area (Å²) >= 11 is 0. The van der Waals surface area contributed by atoms with Crippen LogP contribution >= 0.6 is 0 Å². The van der Waals surface area contributed by atoms with Gasteiger partial charge in [-0.15, -0.1) is 0 Å². The molecule has 4 aromatic rings. The van der Waals surface area contributed by atoms with Gasteiger partial charge in [0.2, 0.25) is 0 Å². The molecule has 0 aliphatic carbocycles. The van der Waals surface area contributed by atoms with Crippen molar-refractivity contribution in [2.24, 2.45) is 0 Å². The monoisotopic (exact) mass is 447 g/mol. The van der Waals surface area contributed by atoms with Crippen molar-refractivity contribution in [3.05, 3.63) is 66.4 Å². The molecule has 0 radical (unpaired) electrons. The summed E-state index contributed by atoms with van der Waals surface area (Å²) in [7, 11) is -3.87. The Hall–Kier alpha value is -3.90. The van der Waals surface area contributed by atoms with Crippen molar-refractivity contribution >= 4 is 26.7 Å². The van der Waals surface area contributed by atoms with Crippen molar-refractivity contribution in [2.45, 2.75) is 31.3 Å². The van der Waals surface area contributed by atoms with E-state index in [4.69, 9.17) is 10.00 Å². The summed E-state index contributed by atoms with van der Waals surface area (Å²) in [6.45, 7) is 3.91. The molecule has 9 heteroatoms. The number of benzene rings is 2. The number of aromatic nitrogens is 3. The largest absolute Gasteiger partial charge is 0.491 e. The number of nitrogens with zero attached hydrogens (tertiary/aromatic N) is 3. The van der Waals surface area contributed by atoms with Gasteiger partial charge < -0.3 is 4.74 Å². The predicted octanol–water partition coefficient (Wildman–Crippen LogP) is 4.28. The quantitative estimate of drug-likeness (QED) is 0.436. The minimum Gasteiger partial charge on any atom is -0.491 e. The van der Waals surface area contributed by atoms with Gasteiger partial charge in [0.15, 0.2) is 0 Å². The molecule has 0 bridgehead atoms. The van der Waals surface area contributed by atoms with Gasteiger partial charge in [-0.3, -0.25) is 9.82 Å². The summed E-state index contributed by atoms with van der Waals surface area (Å²) in [5, 5.41) is 17.1. The fraction of sp³-hybridized carbons (Fsp3) is 0.174. The van der Waals surface area contributed by atoms with Gasteiger partial charge in [-0.1, -0.05) is 12.1 Å². The normalized spacial score (nSPS) is 11.4. The van der Waals surface area contributed by atoms with E-state index in [9.17, 15) is 8.42 Å². The van der Waals surface area contributed by atoms with Crippen molar-refractivity contribution in [2.75, 3.05) is 4.72 Å². The van der Waals surface area contributed by atoms with Gasteiger partial charge in [-0.05, 0) is 61.9 Å². The predicted molar refractivity (Wildman–Crippen MR) is 122 cm³/mol. The van der Waals surface area contributed by atoms with Crippen molar-refractivity contribution in [3.63, 3.8) is 0 Å². The molecular weight excluding hydrogens is 426 g/mol. The maximum atomic E-state index is 12.8. The second-order valence-corrected chi connectivity index (χ2v) is 9.15. The summed E-state index contributed by atoms with van der Waals surface area (Å²) in [4.78, 5) is 4.22. The SMILES string of the molecule is CC(C)Oc1ccc2[nH]nc(-c3ccnc(NS(=O)(=O)c4cccc(CC#N)c4)c3)c2c1. The molecule has 0 unspecified atom stereocenters. The Bertz CT molecular complexity index is 1420. The lowest BCUT2D eigenvalue weighted by Crippen LogP contribution is -2.14. The Balaban J connectivity index is 1.66. The molecule has 0 aliphatic rings. The number of pyridine rings is 1. The molecule has 0 saturated carbocycles. The van der Waals surface area contributed by atoms with Gasteiger partial charge in [-0.25, -0.2) is 13.4 Å². The first kappa shape index (κ1) is 21.3. The van der Waals surface area contributed by atoms with Crippen LogP contribution in [-0.2, 0) is 16.4 Å². The Kier molecular flexibility index (Phi) is 5.79. The summed E-state index contributed by atoms with van der Waals surface area (Å²) in [5.74, 6) is 0.890. The van der Waals surface area contributed by atoms with Crippen LogP contribution in [0.4, 0.5) is 5.82 Å². The molecule has 2 aromatic heterocycles. The van der Waals surface area contributed by atoms with E-state index in [2.05, 4.69) is 19.9 Å². The number of fused-ring (bicyclic) bond motifs is 1. The average Bonchev–Trinajstić information content (AvgIpc) is 3.17. The van der Waals surface area contributed by atoms with Gasteiger partial charge in [0.05, 0.1) is 29.0 Å². The summed E-state index contributed by atoms with van der Waals surface area (Å²) in [6.07, 6.45) is 1.69. The first-order valence-corrected chi connectivity index (χ1v) is 11.4. The van der Waals surface area contributed by atoms with Crippen LogP contribution in [0.5, 0.6) is 5.75 Å². The smallest absolute Gasteiger partial charge is 0.263 e. The standard InChI is InChI=1S/C23H21N5O3S/c1-15(2)31-18-6-7-21-20(14-18)23(27-26-21)17-9-11-25-22(13-17)28-32(29,30)19-5-3-4-16(12-19)8-10-24/h3-7,9,11-15H,8H2,1-2H3,(H,25,28)(H,26,27). The van der Waals surface area contributed by atoms with E-state index in [1.54, 1.807) is 24.3 Å². The van der Waals surface area contributed by atoms with E-state index in [0.29, 0.717) is 16.8 Å². The van der Waals surface area contributed by atoms with E-state index < -0.39 is 10.0 Å². The first-order chi connectivity index (χ1) is 15.4. The summed E-state index contributed by atoms with van der Waals surface area (Å²) in [6, 6.07) is 17.3. The zero-order valence-corrected chi connectivity index (χ0v) is 18.3. The highest BCUT2D eigenvalue weighted by Gasteiger charge is 2.17. The maximum absolute atomic E-state index is 12.8. The van der Waals surface area contributed by atoms with E-state index in [0.717, 1.165) is 16.7 Å². The van der Waals surface area contributed by atoms with Gasteiger partial charge in [0.25, 0.3) is 10.0 Å². The van der Waals surface area contributed by atoms with Crippen molar-refractivity contribution < 1.29 is 13.2 Å². The second-order valence-electron chi connectivity index (χ2n) is 7.46. The van der Waals surface area contributed by atoms with Crippen LogP contribution in [0, 0.1) is 11.3 Å². The van der Waals surface area contributed by atoms with E-state index in [1.165, 1.54) is 18.3 Å². The van der Waals surface area contributed by atoms with Crippen LogP contribution in [0.3, 0.4) is 0 Å². The Morgan fingerprint density at radius 3 is 2.78 bits per heavy atom. The molecule has 32 heavy (non-hydrogen) atoms. The molecule has 2 heterocycles. The van der Waals surface area contributed by atoms with Crippen molar-refractivity contribution in [1.29, 1.82) is 5.26 Å². The number of ether oxygens (including phenoxy) is 1. The highest BCUT2D eigenvalue weighted by molar-refractivity contribution is 7.92. The van der Waals surface area contributed by atoms with Gasteiger partial charge in [-0.2, -0.15) is 10.4 Å². The molecule has 162 valence electrons. The first-order valence-electron chi connectivity index (χ1n) is 9.95. The highest BCUT2D eigenvalue weighted by Crippen LogP contribution is 2.30. The maximum Gasteiger partial charge on any atom is 0.263 e. The highest BCUT2D eigenvalue weighted by atomic mass is 32.2. The molecule has 4 rings (SSSR count). The number of hydrogen-bond acceptors (Lipinski definition) is 6. The molecule has 0 saturated heterocycles. The summed E-state index contributed by atoms with van der Waals surface area (Å²) < 4.78 is 34.0. The minimum atomic E-state index is -3.87. The molecule has 0 atom stereocenters. The minimum absolute atomic E-state index is 0.0383. The number of H-pyrrole nitrogens is 1. The number of sulfonamides is 1. The third-order valence-corrected chi connectivity index (χ3v) is 6.02. The number of aromatic amines is 1. The number of anilines is 1.